The van der Waals surface area contributed by atoms with Gasteiger partial charge >= 0.3 is 0 Å². The monoisotopic (exact) mass is 260 g/mol. The number of fused-ring (bicyclic) bond motifs is 1. The van der Waals surface area contributed by atoms with E-state index >= 15 is 0 Å². The van der Waals surface area contributed by atoms with Crippen LogP contribution in [0.3, 0.4) is 0 Å². The number of hydrogen-bond acceptors (Lipinski definition) is 2. The molecule has 19 heavy (non-hydrogen) atoms. The normalized spacial score (nSPS) is 14.7. The molecule has 0 saturated carbocycles. The lowest BCUT2D eigenvalue weighted by atomic mass is 9.95. The SMILES string of the molecule is CCCC(C)C(O)Cc1nn(CC)c2ccccc12. The van der Waals surface area contributed by atoms with Gasteiger partial charge in [0.25, 0.3) is 0 Å². The van der Waals surface area contributed by atoms with E-state index in [1.165, 1.54) is 5.39 Å². The standard InChI is InChI=1S/C16H24N2O/c1-4-8-12(3)16(19)11-14-13-9-6-7-10-15(13)18(5-2)17-14/h6-7,9-10,12,16,19H,4-5,8,11H2,1-3H3. The van der Waals surface area contributed by atoms with Crippen molar-refractivity contribution in [1.82, 2.24) is 9.78 Å². The molecule has 2 rings (SSSR count). The number of nitrogens with zero attached hydrogens (tertiary/aromatic N) is 2. The summed E-state index contributed by atoms with van der Waals surface area (Å²) >= 11 is 0. The number of aryl methyl sites for hydroxylation is 1. The first kappa shape index (κ1) is 14.1. The molecule has 0 amide bonds. The molecule has 0 radical (unpaired) electrons. The molecular weight excluding hydrogens is 236 g/mol. The Morgan fingerprint density at radius 1 is 1.26 bits per heavy atom. The lowest BCUT2D eigenvalue weighted by Crippen LogP contribution is -2.20. The summed E-state index contributed by atoms with van der Waals surface area (Å²) in [5.74, 6) is 0.329. The van der Waals surface area contributed by atoms with E-state index in [4.69, 9.17) is 0 Å². The average Bonchev–Trinajstić information content (AvgIpc) is 2.77. The van der Waals surface area contributed by atoms with Crippen molar-refractivity contribution in [2.45, 2.75) is 52.7 Å². The predicted molar refractivity (Wildman–Crippen MR) is 79.2 cm³/mol. The molecule has 1 heterocycles. The van der Waals surface area contributed by atoms with Gasteiger partial charge in [-0.15, -0.1) is 0 Å². The van der Waals surface area contributed by atoms with Crippen LogP contribution in [-0.4, -0.2) is 21.0 Å². The first-order valence-electron chi connectivity index (χ1n) is 7.29. The molecular formula is C16H24N2O. The number of para-hydroxylation sites is 1. The first-order valence-corrected chi connectivity index (χ1v) is 7.29. The molecule has 2 aromatic rings. The van der Waals surface area contributed by atoms with E-state index in [1.54, 1.807) is 0 Å². The van der Waals surface area contributed by atoms with Gasteiger partial charge in [0.05, 0.1) is 17.3 Å². The van der Waals surface area contributed by atoms with Crippen molar-refractivity contribution in [3.05, 3.63) is 30.0 Å². The largest absolute Gasteiger partial charge is 0.392 e. The average molecular weight is 260 g/mol. The molecule has 0 bridgehead atoms. The second-order valence-corrected chi connectivity index (χ2v) is 5.32. The van der Waals surface area contributed by atoms with Crippen molar-refractivity contribution in [2.24, 2.45) is 5.92 Å². The van der Waals surface area contributed by atoms with Crippen LogP contribution in [0.2, 0.25) is 0 Å². The molecule has 2 atom stereocenters. The molecule has 0 aliphatic heterocycles. The van der Waals surface area contributed by atoms with E-state index in [9.17, 15) is 5.11 Å². The molecule has 2 unspecified atom stereocenters. The van der Waals surface area contributed by atoms with Crippen LogP contribution in [0.1, 0.15) is 39.3 Å². The molecule has 1 N–H and O–H groups in total. The van der Waals surface area contributed by atoms with Gasteiger partial charge in [-0.1, -0.05) is 38.5 Å². The summed E-state index contributed by atoms with van der Waals surface area (Å²) in [5, 5.41) is 16.1. The molecule has 0 saturated heterocycles. The van der Waals surface area contributed by atoms with Crippen LogP contribution in [0.15, 0.2) is 24.3 Å². The summed E-state index contributed by atoms with van der Waals surface area (Å²) in [4.78, 5) is 0. The fourth-order valence-corrected chi connectivity index (χ4v) is 2.64. The van der Waals surface area contributed by atoms with Crippen molar-refractivity contribution in [1.29, 1.82) is 0 Å². The van der Waals surface area contributed by atoms with E-state index < -0.39 is 0 Å². The molecule has 104 valence electrons. The van der Waals surface area contributed by atoms with Gasteiger partial charge in [0, 0.05) is 18.4 Å². The van der Waals surface area contributed by atoms with Crippen LogP contribution in [0, 0.1) is 5.92 Å². The summed E-state index contributed by atoms with van der Waals surface area (Å²) in [6.07, 6.45) is 2.52. The molecule has 0 aliphatic rings. The van der Waals surface area contributed by atoms with Crippen LogP contribution in [0.5, 0.6) is 0 Å². The van der Waals surface area contributed by atoms with Crippen molar-refractivity contribution in [3.8, 4) is 0 Å². The Bertz CT molecular complexity index is 533. The second kappa shape index (κ2) is 6.20. The Morgan fingerprint density at radius 2 is 2.00 bits per heavy atom. The van der Waals surface area contributed by atoms with Crippen molar-refractivity contribution in [2.75, 3.05) is 0 Å². The summed E-state index contributed by atoms with van der Waals surface area (Å²) in [6, 6.07) is 8.27. The maximum atomic E-state index is 10.3. The van der Waals surface area contributed by atoms with Gasteiger partial charge in [0.1, 0.15) is 0 Å². The Balaban J connectivity index is 2.25. The number of aromatic nitrogens is 2. The van der Waals surface area contributed by atoms with Gasteiger partial charge in [-0.2, -0.15) is 5.10 Å². The van der Waals surface area contributed by atoms with E-state index in [0.717, 1.165) is 30.6 Å². The Morgan fingerprint density at radius 3 is 2.68 bits per heavy atom. The molecule has 1 aromatic heterocycles. The highest BCUT2D eigenvalue weighted by Gasteiger charge is 2.18. The number of aliphatic hydroxyl groups excluding tert-OH is 1. The Kier molecular flexibility index (Phi) is 4.59. The van der Waals surface area contributed by atoms with E-state index in [0.29, 0.717) is 12.3 Å². The Hall–Kier alpha value is -1.35. The Labute approximate surface area is 115 Å². The maximum absolute atomic E-state index is 10.3. The van der Waals surface area contributed by atoms with Gasteiger partial charge in [-0.05, 0) is 25.3 Å². The van der Waals surface area contributed by atoms with Gasteiger partial charge in [0.15, 0.2) is 0 Å². The highest BCUT2D eigenvalue weighted by Crippen LogP contribution is 2.22. The molecule has 0 aliphatic carbocycles. The van der Waals surface area contributed by atoms with Crippen LogP contribution in [0.4, 0.5) is 0 Å². The van der Waals surface area contributed by atoms with Gasteiger partial charge in [0.2, 0.25) is 0 Å². The first-order chi connectivity index (χ1) is 9.17. The fraction of sp³-hybridized carbons (Fsp3) is 0.562. The van der Waals surface area contributed by atoms with Crippen molar-refractivity contribution in [3.63, 3.8) is 0 Å². The van der Waals surface area contributed by atoms with E-state index in [1.807, 2.05) is 16.8 Å². The summed E-state index contributed by atoms with van der Waals surface area (Å²) in [6.45, 7) is 7.23. The number of hydrogen-bond donors (Lipinski definition) is 1. The number of benzene rings is 1. The number of aliphatic hydroxyl groups is 1. The maximum Gasteiger partial charge on any atom is 0.0729 e. The minimum atomic E-state index is -0.302. The third kappa shape index (κ3) is 2.98. The van der Waals surface area contributed by atoms with Gasteiger partial charge < -0.3 is 5.11 Å². The summed E-state index contributed by atoms with van der Waals surface area (Å²) in [7, 11) is 0. The smallest absolute Gasteiger partial charge is 0.0729 e. The quantitative estimate of drug-likeness (QED) is 0.864. The van der Waals surface area contributed by atoms with Crippen LogP contribution in [0.25, 0.3) is 10.9 Å². The lowest BCUT2D eigenvalue weighted by Gasteiger charge is -2.17. The lowest BCUT2D eigenvalue weighted by molar-refractivity contribution is 0.111. The predicted octanol–water partition coefficient (Wildman–Crippen LogP) is 3.40. The topological polar surface area (TPSA) is 38.1 Å². The van der Waals surface area contributed by atoms with Gasteiger partial charge in [-0.25, -0.2) is 0 Å². The zero-order valence-corrected chi connectivity index (χ0v) is 12.1. The number of rotatable bonds is 6. The molecule has 3 heteroatoms. The minimum absolute atomic E-state index is 0.302. The minimum Gasteiger partial charge on any atom is -0.392 e. The third-order valence-corrected chi connectivity index (χ3v) is 3.84. The molecule has 0 fully saturated rings. The highest BCUT2D eigenvalue weighted by atomic mass is 16.3. The van der Waals surface area contributed by atoms with Crippen molar-refractivity contribution >= 4 is 10.9 Å². The highest BCUT2D eigenvalue weighted by molar-refractivity contribution is 5.82. The zero-order chi connectivity index (χ0) is 13.8. The summed E-state index contributed by atoms with van der Waals surface area (Å²) < 4.78 is 2.02. The van der Waals surface area contributed by atoms with Gasteiger partial charge in [-0.3, -0.25) is 4.68 Å². The second-order valence-electron chi connectivity index (χ2n) is 5.32. The third-order valence-electron chi connectivity index (χ3n) is 3.84. The zero-order valence-electron chi connectivity index (χ0n) is 12.1. The molecule has 1 aromatic carbocycles. The van der Waals surface area contributed by atoms with Crippen LogP contribution in [-0.2, 0) is 13.0 Å². The van der Waals surface area contributed by atoms with E-state index in [-0.39, 0.29) is 6.10 Å². The molecule has 0 spiro atoms. The van der Waals surface area contributed by atoms with Crippen LogP contribution < -0.4 is 0 Å². The summed E-state index contributed by atoms with van der Waals surface area (Å²) in [5.41, 5.74) is 2.18. The molecule has 3 nitrogen and oxygen atoms in total. The van der Waals surface area contributed by atoms with E-state index in [2.05, 4.69) is 38.0 Å². The van der Waals surface area contributed by atoms with Crippen molar-refractivity contribution < 1.29 is 5.11 Å². The fourth-order valence-electron chi connectivity index (χ4n) is 2.64. The van der Waals surface area contributed by atoms with Crippen LogP contribution >= 0.6 is 0 Å².